The van der Waals surface area contributed by atoms with Crippen molar-refractivity contribution in [1.82, 2.24) is 10.9 Å². The molecule has 0 saturated heterocycles. The summed E-state index contributed by atoms with van der Waals surface area (Å²) in [4.78, 5) is 23.2. The third kappa shape index (κ3) is 5.13. The van der Waals surface area contributed by atoms with Gasteiger partial charge in [-0.2, -0.15) is 0 Å². The van der Waals surface area contributed by atoms with Crippen molar-refractivity contribution < 1.29 is 9.59 Å². The Morgan fingerprint density at radius 2 is 1.59 bits per heavy atom. The van der Waals surface area contributed by atoms with Gasteiger partial charge in [-0.05, 0) is 30.7 Å². The van der Waals surface area contributed by atoms with Crippen LogP contribution in [0.4, 0.5) is 10.5 Å². The second kappa shape index (κ2) is 7.64. The van der Waals surface area contributed by atoms with Crippen molar-refractivity contribution in [2.75, 3.05) is 5.32 Å². The molecule has 0 radical (unpaired) electrons. The number of urea groups is 1. The van der Waals surface area contributed by atoms with E-state index in [9.17, 15) is 9.59 Å². The Bertz CT molecular complexity index is 664. The van der Waals surface area contributed by atoms with Gasteiger partial charge in [-0.3, -0.25) is 10.2 Å². The number of hydrazine groups is 1. The summed E-state index contributed by atoms with van der Waals surface area (Å²) in [5, 5.41) is 2.59. The lowest BCUT2D eigenvalue weighted by Crippen LogP contribution is -2.43. The Labute approximate surface area is 129 Å². The van der Waals surface area contributed by atoms with Crippen molar-refractivity contribution in [2.24, 2.45) is 0 Å². The van der Waals surface area contributed by atoms with E-state index in [2.05, 4.69) is 16.2 Å². The number of carbonyl (C=O) groups is 2. The minimum atomic E-state index is -0.511. The molecule has 5 nitrogen and oxygen atoms in total. The van der Waals surface area contributed by atoms with Gasteiger partial charge in [0.25, 0.3) is 5.91 Å². The third-order valence-electron chi connectivity index (χ3n) is 2.84. The maximum absolute atomic E-state index is 11.6. The van der Waals surface area contributed by atoms with Gasteiger partial charge in [0, 0.05) is 11.8 Å². The molecule has 0 aliphatic carbocycles. The van der Waals surface area contributed by atoms with Gasteiger partial charge >= 0.3 is 6.03 Å². The molecule has 2 aromatic carbocycles. The highest BCUT2D eigenvalue weighted by atomic mass is 16.2. The molecule has 2 rings (SSSR count). The van der Waals surface area contributed by atoms with Crippen LogP contribution in [0.3, 0.4) is 0 Å². The highest BCUT2D eigenvalue weighted by Crippen LogP contribution is 2.05. The highest BCUT2D eigenvalue weighted by molar-refractivity contribution is 5.95. The lowest BCUT2D eigenvalue weighted by Gasteiger charge is -2.07. The van der Waals surface area contributed by atoms with E-state index >= 15 is 0 Å². The van der Waals surface area contributed by atoms with Gasteiger partial charge in [0.2, 0.25) is 0 Å². The summed E-state index contributed by atoms with van der Waals surface area (Å²) in [6, 6.07) is 16.2. The fourth-order valence-corrected chi connectivity index (χ4v) is 1.69. The quantitative estimate of drug-likeness (QED) is 0.602. The number of benzene rings is 2. The molecule has 3 amide bonds. The Morgan fingerprint density at radius 1 is 0.909 bits per heavy atom. The maximum Gasteiger partial charge on any atom is 0.337 e. The Morgan fingerprint density at radius 3 is 2.27 bits per heavy atom. The van der Waals surface area contributed by atoms with E-state index in [1.54, 1.807) is 30.3 Å². The molecule has 0 fully saturated rings. The minimum absolute atomic E-state index is 0.413. The molecule has 3 N–H and O–H groups in total. The van der Waals surface area contributed by atoms with Crippen LogP contribution in [-0.2, 0) is 4.79 Å². The molecule has 0 unspecified atom stereocenters. The van der Waals surface area contributed by atoms with Crippen LogP contribution in [0.5, 0.6) is 0 Å². The molecule has 0 saturated carbocycles. The standard InChI is InChI=1S/C17H17N3O2/c1-13-7-9-14(10-8-13)11-12-16(21)19-20-17(22)18-15-5-3-2-4-6-15/h2-12H,1H3,(H,19,21)(H2,18,20,22). The van der Waals surface area contributed by atoms with Crippen molar-refractivity contribution in [1.29, 1.82) is 0 Å². The summed E-state index contributed by atoms with van der Waals surface area (Å²) in [6.45, 7) is 2.00. The predicted molar refractivity (Wildman–Crippen MR) is 87.0 cm³/mol. The second-order valence-corrected chi connectivity index (χ2v) is 4.68. The second-order valence-electron chi connectivity index (χ2n) is 4.68. The fraction of sp³-hybridized carbons (Fsp3) is 0.0588. The van der Waals surface area contributed by atoms with Gasteiger partial charge in [0.1, 0.15) is 0 Å². The fourth-order valence-electron chi connectivity index (χ4n) is 1.69. The van der Waals surface area contributed by atoms with Crippen molar-refractivity contribution in [3.8, 4) is 0 Å². The molecule has 0 spiro atoms. The maximum atomic E-state index is 11.6. The van der Waals surface area contributed by atoms with Gasteiger partial charge in [-0.1, -0.05) is 48.0 Å². The number of para-hydroxylation sites is 1. The molecule has 0 aliphatic rings. The third-order valence-corrected chi connectivity index (χ3v) is 2.84. The van der Waals surface area contributed by atoms with Gasteiger partial charge in [0.05, 0.1) is 0 Å². The van der Waals surface area contributed by atoms with Crippen LogP contribution in [0, 0.1) is 6.92 Å². The first-order valence-electron chi connectivity index (χ1n) is 6.80. The number of anilines is 1. The van der Waals surface area contributed by atoms with E-state index in [4.69, 9.17) is 0 Å². The van der Waals surface area contributed by atoms with E-state index < -0.39 is 11.9 Å². The minimum Gasteiger partial charge on any atom is -0.307 e. The zero-order valence-electron chi connectivity index (χ0n) is 12.2. The van der Waals surface area contributed by atoms with E-state index in [1.165, 1.54) is 6.08 Å². The van der Waals surface area contributed by atoms with Crippen molar-refractivity contribution in [3.63, 3.8) is 0 Å². The first-order chi connectivity index (χ1) is 10.6. The molecular weight excluding hydrogens is 278 g/mol. The topological polar surface area (TPSA) is 70.2 Å². The summed E-state index contributed by atoms with van der Waals surface area (Å²) < 4.78 is 0. The smallest absolute Gasteiger partial charge is 0.307 e. The van der Waals surface area contributed by atoms with Gasteiger partial charge < -0.3 is 5.32 Å². The molecule has 0 aromatic heterocycles. The van der Waals surface area contributed by atoms with Crippen LogP contribution < -0.4 is 16.2 Å². The molecule has 0 aliphatic heterocycles. The van der Waals surface area contributed by atoms with Crippen molar-refractivity contribution >= 4 is 23.7 Å². The lowest BCUT2D eigenvalue weighted by atomic mass is 10.1. The first-order valence-corrected chi connectivity index (χ1v) is 6.80. The summed E-state index contributed by atoms with van der Waals surface area (Å²) >= 11 is 0. The van der Waals surface area contributed by atoms with Crippen LogP contribution in [0.25, 0.3) is 6.08 Å². The molecule has 0 atom stereocenters. The average Bonchev–Trinajstić information content (AvgIpc) is 2.53. The molecule has 112 valence electrons. The Balaban J connectivity index is 1.77. The number of nitrogens with one attached hydrogen (secondary N) is 3. The number of hydrogen-bond donors (Lipinski definition) is 3. The average molecular weight is 295 g/mol. The molecule has 2 aromatic rings. The Kier molecular flexibility index (Phi) is 5.31. The van der Waals surface area contributed by atoms with Crippen LogP contribution in [0.1, 0.15) is 11.1 Å². The number of aryl methyl sites for hydroxylation is 1. The molecule has 22 heavy (non-hydrogen) atoms. The lowest BCUT2D eigenvalue weighted by molar-refractivity contribution is -0.117. The van der Waals surface area contributed by atoms with Crippen molar-refractivity contribution in [3.05, 3.63) is 71.8 Å². The van der Waals surface area contributed by atoms with Crippen LogP contribution in [0.2, 0.25) is 0 Å². The van der Waals surface area contributed by atoms with Crippen molar-refractivity contribution in [2.45, 2.75) is 6.92 Å². The molecule has 0 heterocycles. The van der Waals surface area contributed by atoms with E-state index in [1.807, 2.05) is 37.3 Å². The van der Waals surface area contributed by atoms with Crippen LogP contribution in [0.15, 0.2) is 60.7 Å². The molecular formula is C17H17N3O2. The van der Waals surface area contributed by atoms with E-state index in [-0.39, 0.29) is 0 Å². The van der Waals surface area contributed by atoms with Gasteiger partial charge in [-0.25, -0.2) is 10.2 Å². The molecule has 0 bridgehead atoms. The summed E-state index contributed by atoms with van der Waals surface area (Å²) in [7, 11) is 0. The normalized spacial score (nSPS) is 10.2. The number of carbonyl (C=O) groups excluding carboxylic acids is 2. The van der Waals surface area contributed by atoms with E-state index in [0.29, 0.717) is 5.69 Å². The van der Waals surface area contributed by atoms with Crippen LogP contribution in [-0.4, -0.2) is 11.9 Å². The summed E-state index contributed by atoms with van der Waals surface area (Å²) in [5.74, 6) is -0.413. The predicted octanol–water partition coefficient (Wildman–Crippen LogP) is 2.86. The van der Waals surface area contributed by atoms with Gasteiger partial charge in [-0.15, -0.1) is 0 Å². The summed E-state index contributed by atoms with van der Waals surface area (Å²) in [5.41, 5.74) is 7.28. The zero-order valence-corrected chi connectivity index (χ0v) is 12.2. The largest absolute Gasteiger partial charge is 0.337 e. The highest BCUT2D eigenvalue weighted by Gasteiger charge is 2.01. The number of amides is 3. The van der Waals surface area contributed by atoms with Crippen LogP contribution >= 0.6 is 0 Å². The first kappa shape index (κ1) is 15.3. The SMILES string of the molecule is Cc1ccc(C=CC(=O)NNC(=O)Nc2ccccc2)cc1. The zero-order chi connectivity index (χ0) is 15.8. The summed E-state index contributed by atoms with van der Waals surface area (Å²) in [6.07, 6.45) is 3.03. The van der Waals surface area contributed by atoms with Gasteiger partial charge in [0.15, 0.2) is 0 Å². The Hall–Kier alpha value is -3.08. The number of rotatable bonds is 3. The number of hydrogen-bond acceptors (Lipinski definition) is 2. The monoisotopic (exact) mass is 295 g/mol. The van der Waals surface area contributed by atoms with E-state index in [0.717, 1.165) is 11.1 Å². The molecule has 5 heteroatoms.